The monoisotopic (exact) mass is 331 g/mol. The predicted molar refractivity (Wildman–Crippen MR) is 82.4 cm³/mol. The molecule has 8 heteroatoms. The summed E-state index contributed by atoms with van der Waals surface area (Å²) in [6.07, 6.45) is 4.01. The van der Waals surface area contributed by atoms with E-state index in [9.17, 15) is 4.79 Å². The lowest BCUT2D eigenvalue weighted by Crippen LogP contribution is -2.25. The van der Waals surface area contributed by atoms with E-state index >= 15 is 0 Å². The molecule has 0 fully saturated rings. The summed E-state index contributed by atoms with van der Waals surface area (Å²) in [5.41, 5.74) is 2.65. The van der Waals surface area contributed by atoms with E-state index in [4.69, 9.17) is 16.3 Å². The van der Waals surface area contributed by atoms with Crippen LogP contribution in [0.4, 0.5) is 0 Å². The maximum atomic E-state index is 12.2. The van der Waals surface area contributed by atoms with Crippen LogP contribution in [-0.2, 0) is 14.9 Å². The largest absolute Gasteiger partial charge is 0.469 e. The molecule has 7 nitrogen and oxygen atoms in total. The number of nitrogens with one attached hydrogen (secondary N) is 1. The third-order valence-electron chi connectivity index (χ3n) is 4.54. The Morgan fingerprint density at radius 1 is 1.57 bits per heavy atom. The summed E-state index contributed by atoms with van der Waals surface area (Å²) in [5.74, 6) is -0.693. The highest BCUT2D eigenvalue weighted by molar-refractivity contribution is 6.29. The van der Waals surface area contributed by atoms with Crippen LogP contribution >= 0.6 is 11.6 Å². The van der Waals surface area contributed by atoms with Gasteiger partial charge in [-0.1, -0.05) is 11.6 Å². The number of aromatic nitrogens is 5. The second kappa shape index (κ2) is 4.79. The molecule has 1 aliphatic carbocycles. The number of rotatable bonds is 2. The second-order valence-corrected chi connectivity index (χ2v) is 6.26. The van der Waals surface area contributed by atoms with Crippen molar-refractivity contribution in [2.45, 2.75) is 24.7 Å². The summed E-state index contributed by atoms with van der Waals surface area (Å²) in [4.78, 5) is 16.6. The Balaban J connectivity index is 2.03. The average Bonchev–Trinajstić information content (AvgIpc) is 3.23. The zero-order chi connectivity index (χ0) is 16.2. The Hall–Kier alpha value is -2.41. The van der Waals surface area contributed by atoms with E-state index in [2.05, 4.69) is 20.3 Å². The highest BCUT2D eigenvalue weighted by atomic mass is 35.5. The van der Waals surface area contributed by atoms with Crippen LogP contribution in [0.1, 0.15) is 36.2 Å². The van der Waals surface area contributed by atoms with Gasteiger partial charge in [0.15, 0.2) is 10.8 Å². The van der Waals surface area contributed by atoms with Crippen molar-refractivity contribution in [3.8, 4) is 0 Å². The summed E-state index contributed by atoms with van der Waals surface area (Å²) in [5, 5.41) is 11.9. The average molecular weight is 332 g/mol. The molecule has 0 spiro atoms. The van der Waals surface area contributed by atoms with Crippen LogP contribution in [0.2, 0.25) is 5.15 Å². The summed E-state index contributed by atoms with van der Waals surface area (Å²) in [7, 11) is 1.39. The molecule has 23 heavy (non-hydrogen) atoms. The van der Waals surface area contributed by atoms with Gasteiger partial charge in [0.05, 0.1) is 29.8 Å². The van der Waals surface area contributed by atoms with Crippen molar-refractivity contribution in [1.29, 1.82) is 0 Å². The van der Waals surface area contributed by atoms with Gasteiger partial charge in [0.2, 0.25) is 0 Å². The Morgan fingerprint density at radius 2 is 2.39 bits per heavy atom. The molecule has 0 aliphatic heterocycles. The SMILES string of the molecule is COC(=O)C1CC(C)(c2cc[nH]n2)c2c1cnc1cc(Cl)nn21. The van der Waals surface area contributed by atoms with Gasteiger partial charge in [-0.15, -0.1) is 0 Å². The van der Waals surface area contributed by atoms with E-state index in [1.54, 1.807) is 23.0 Å². The maximum Gasteiger partial charge on any atom is 0.313 e. The van der Waals surface area contributed by atoms with Crippen LogP contribution in [0.3, 0.4) is 0 Å². The molecular weight excluding hydrogens is 318 g/mol. The van der Waals surface area contributed by atoms with Crippen LogP contribution in [-0.4, -0.2) is 37.9 Å². The minimum absolute atomic E-state index is 0.287. The van der Waals surface area contributed by atoms with Crippen molar-refractivity contribution >= 4 is 23.2 Å². The third kappa shape index (κ3) is 1.89. The summed E-state index contributed by atoms with van der Waals surface area (Å²) in [6.45, 7) is 2.04. The topological polar surface area (TPSA) is 85.2 Å². The van der Waals surface area contributed by atoms with Crippen molar-refractivity contribution in [3.05, 3.63) is 46.6 Å². The van der Waals surface area contributed by atoms with E-state index in [0.29, 0.717) is 17.2 Å². The van der Waals surface area contributed by atoms with Gasteiger partial charge in [0.1, 0.15) is 0 Å². The smallest absolute Gasteiger partial charge is 0.313 e. The van der Waals surface area contributed by atoms with E-state index < -0.39 is 11.3 Å². The number of nitrogens with zero attached hydrogens (tertiary/aromatic N) is 4. The van der Waals surface area contributed by atoms with Gasteiger partial charge >= 0.3 is 5.97 Å². The standard InChI is InChI=1S/C15H14ClN5O2/c1-15(10-3-4-18-19-10)6-8(14(22)23-2)9-7-17-12-5-11(16)20-21(12)13(9)15/h3-5,7-8H,6H2,1-2H3,(H,18,19). The van der Waals surface area contributed by atoms with Crippen LogP contribution in [0.5, 0.6) is 0 Å². The first kappa shape index (κ1) is 14.2. The van der Waals surface area contributed by atoms with Crippen molar-refractivity contribution in [2.24, 2.45) is 0 Å². The van der Waals surface area contributed by atoms with E-state index in [1.165, 1.54) is 7.11 Å². The van der Waals surface area contributed by atoms with Gasteiger partial charge in [0, 0.05) is 24.0 Å². The minimum atomic E-state index is -0.495. The fourth-order valence-corrected chi connectivity index (χ4v) is 3.66. The van der Waals surface area contributed by atoms with Crippen molar-refractivity contribution < 1.29 is 9.53 Å². The number of fused-ring (bicyclic) bond motifs is 3. The van der Waals surface area contributed by atoms with Gasteiger partial charge < -0.3 is 4.74 Å². The summed E-state index contributed by atoms with van der Waals surface area (Å²) < 4.78 is 6.67. The second-order valence-electron chi connectivity index (χ2n) is 5.87. The number of halogens is 1. The normalized spacial score (nSPS) is 23.2. The first-order chi connectivity index (χ1) is 11.0. The number of ether oxygens (including phenoxy) is 1. The fourth-order valence-electron chi connectivity index (χ4n) is 3.49. The van der Waals surface area contributed by atoms with Crippen molar-refractivity contribution in [2.75, 3.05) is 7.11 Å². The molecule has 4 rings (SSSR count). The van der Waals surface area contributed by atoms with Crippen molar-refractivity contribution in [1.82, 2.24) is 24.8 Å². The van der Waals surface area contributed by atoms with Crippen LogP contribution in [0, 0.1) is 0 Å². The van der Waals surface area contributed by atoms with Crippen LogP contribution in [0.15, 0.2) is 24.5 Å². The summed E-state index contributed by atoms with van der Waals surface area (Å²) in [6, 6.07) is 3.60. The van der Waals surface area contributed by atoms with Gasteiger partial charge in [0.25, 0.3) is 0 Å². The van der Waals surface area contributed by atoms with E-state index in [1.807, 2.05) is 13.0 Å². The minimum Gasteiger partial charge on any atom is -0.469 e. The van der Waals surface area contributed by atoms with Crippen molar-refractivity contribution in [3.63, 3.8) is 0 Å². The Labute approximate surface area is 136 Å². The highest BCUT2D eigenvalue weighted by Gasteiger charge is 2.48. The van der Waals surface area contributed by atoms with E-state index in [-0.39, 0.29) is 5.97 Å². The molecule has 0 saturated heterocycles. The molecule has 3 aromatic heterocycles. The van der Waals surface area contributed by atoms with Crippen LogP contribution in [0.25, 0.3) is 5.65 Å². The molecule has 0 aromatic carbocycles. The number of aromatic amines is 1. The lowest BCUT2D eigenvalue weighted by molar-refractivity contribution is -0.142. The van der Waals surface area contributed by atoms with E-state index in [0.717, 1.165) is 17.0 Å². The molecule has 3 heterocycles. The molecule has 2 unspecified atom stereocenters. The first-order valence-corrected chi connectivity index (χ1v) is 7.55. The van der Waals surface area contributed by atoms with Crippen LogP contribution < -0.4 is 0 Å². The molecule has 0 amide bonds. The molecule has 3 aromatic rings. The number of H-pyrrole nitrogens is 1. The lowest BCUT2D eigenvalue weighted by atomic mass is 9.83. The number of methoxy groups -OCH3 is 1. The molecule has 1 aliphatic rings. The molecule has 118 valence electrons. The maximum absolute atomic E-state index is 12.2. The Bertz CT molecular complexity index is 904. The Morgan fingerprint density at radius 3 is 3.09 bits per heavy atom. The molecule has 0 bridgehead atoms. The molecule has 0 radical (unpaired) electrons. The third-order valence-corrected chi connectivity index (χ3v) is 4.73. The highest BCUT2D eigenvalue weighted by Crippen LogP contribution is 2.49. The number of carbonyl (C=O) groups is 1. The number of esters is 1. The zero-order valence-corrected chi connectivity index (χ0v) is 13.3. The lowest BCUT2D eigenvalue weighted by Gasteiger charge is -2.23. The van der Waals surface area contributed by atoms with Gasteiger partial charge in [-0.3, -0.25) is 9.89 Å². The summed E-state index contributed by atoms with van der Waals surface area (Å²) >= 11 is 6.04. The van der Waals surface area contributed by atoms with Gasteiger partial charge in [-0.25, -0.2) is 9.50 Å². The van der Waals surface area contributed by atoms with Gasteiger partial charge in [-0.2, -0.15) is 10.2 Å². The number of hydrogen-bond acceptors (Lipinski definition) is 5. The zero-order valence-electron chi connectivity index (χ0n) is 12.6. The molecule has 0 saturated carbocycles. The quantitative estimate of drug-likeness (QED) is 0.727. The fraction of sp³-hybridized carbons (Fsp3) is 0.333. The number of hydrogen-bond donors (Lipinski definition) is 1. The first-order valence-electron chi connectivity index (χ1n) is 7.17. The Kier molecular flexibility index (Phi) is 2.96. The molecule has 2 atom stereocenters. The molecular formula is C15H14ClN5O2. The predicted octanol–water partition coefficient (Wildman–Crippen LogP) is 2.07. The molecule has 1 N–H and O–H groups in total. The number of carbonyl (C=O) groups excluding carboxylic acids is 1. The van der Waals surface area contributed by atoms with Gasteiger partial charge in [-0.05, 0) is 19.4 Å².